The van der Waals surface area contributed by atoms with Crippen molar-refractivity contribution in [2.45, 2.75) is 13.3 Å². The highest BCUT2D eigenvalue weighted by Gasteiger charge is 1.65. The summed E-state index contributed by atoms with van der Waals surface area (Å²) >= 11 is 0. The van der Waals surface area contributed by atoms with Gasteiger partial charge in [-0.3, -0.25) is 0 Å². The van der Waals surface area contributed by atoms with E-state index in [1.165, 1.54) is 0 Å². The number of nitrogens with one attached hydrogen (secondary N) is 1. The molecule has 0 spiro atoms. The molecule has 1 nitrogen and oxygen atoms in total. The van der Waals surface area contributed by atoms with E-state index in [-0.39, 0.29) is 0 Å². The Kier molecular flexibility index (Phi) is 6.98. The number of rotatable bonds is 4. The lowest BCUT2D eigenvalue weighted by Gasteiger charge is -1.83. The van der Waals surface area contributed by atoms with Crippen LogP contribution in [-0.4, -0.2) is 13.6 Å². The molecule has 0 fully saturated rings. The van der Waals surface area contributed by atoms with Crippen LogP contribution in [0.25, 0.3) is 0 Å². The van der Waals surface area contributed by atoms with Gasteiger partial charge in [-0.05, 0) is 13.5 Å². The van der Waals surface area contributed by atoms with Gasteiger partial charge in [-0.1, -0.05) is 31.2 Å². The Hall–Kier alpha value is -0.560. The van der Waals surface area contributed by atoms with Crippen molar-refractivity contribution in [2.24, 2.45) is 0 Å². The van der Waals surface area contributed by atoms with Crippen molar-refractivity contribution in [1.82, 2.24) is 5.32 Å². The number of hydrogen-bond acceptors (Lipinski definition) is 1. The maximum absolute atomic E-state index is 3.02. The van der Waals surface area contributed by atoms with Crippen LogP contribution in [0.2, 0.25) is 0 Å². The van der Waals surface area contributed by atoms with Crippen molar-refractivity contribution in [1.29, 1.82) is 0 Å². The first-order valence-electron chi connectivity index (χ1n) is 3.38. The maximum atomic E-state index is 3.02. The van der Waals surface area contributed by atoms with Crippen molar-refractivity contribution < 1.29 is 0 Å². The molecule has 0 aliphatic carbocycles. The van der Waals surface area contributed by atoms with Gasteiger partial charge in [0.25, 0.3) is 0 Å². The number of allylic oxidation sites excluding steroid dienone is 3. The van der Waals surface area contributed by atoms with Crippen LogP contribution in [0, 0.1) is 0 Å². The minimum absolute atomic E-state index is 0.952. The molecule has 0 aliphatic rings. The zero-order chi connectivity index (χ0) is 6.95. The van der Waals surface area contributed by atoms with Gasteiger partial charge in [0.1, 0.15) is 0 Å². The van der Waals surface area contributed by atoms with E-state index in [1.54, 1.807) is 0 Å². The summed E-state index contributed by atoms with van der Waals surface area (Å²) in [5, 5.41) is 3.02. The van der Waals surface area contributed by atoms with Gasteiger partial charge in [-0.2, -0.15) is 0 Å². The second-order valence-electron chi connectivity index (χ2n) is 1.82. The summed E-state index contributed by atoms with van der Waals surface area (Å²) in [5.74, 6) is 0. The summed E-state index contributed by atoms with van der Waals surface area (Å²) in [6.07, 6.45) is 9.46. The van der Waals surface area contributed by atoms with Crippen LogP contribution in [0.5, 0.6) is 0 Å². The second kappa shape index (κ2) is 7.44. The topological polar surface area (TPSA) is 12.0 Å². The Morgan fingerprint density at radius 3 is 2.44 bits per heavy atom. The lowest BCUT2D eigenvalue weighted by Crippen LogP contribution is -2.03. The Balaban J connectivity index is 3.13. The van der Waals surface area contributed by atoms with E-state index < -0.39 is 0 Å². The minimum atomic E-state index is 0.952. The standard InChI is InChI=1S/C8H15N/c1-3-4-5-6-7-8-9-2/h4-7,9H,3,8H2,1-2H3. The van der Waals surface area contributed by atoms with E-state index in [4.69, 9.17) is 0 Å². The molecule has 0 atom stereocenters. The van der Waals surface area contributed by atoms with Crippen molar-refractivity contribution >= 4 is 0 Å². The molecule has 0 saturated carbocycles. The highest BCUT2D eigenvalue weighted by Crippen LogP contribution is 1.80. The van der Waals surface area contributed by atoms with E-state index in [0.29, 0.717) is 0 Å². The second-order valence-corrected chi connectivity index (χ2v) is 1.82. The van der Waals surface area contributed by atoms with Gasteiger partial charge in [0, 0.05) is 6.54 Å². The SMILES string of the molecule is CCC=CC=CCNC. The fourth-order valence-electron chi connectivity index (χ4n) is 0.479. The molecule has 52 valence electrons. The molecule has 0 aliphatic heterocycles. The highest BCUT2D eigenvalue weighted by molar-refractivity contribution is 5.02. The predicted molar refractivity (Wildman–Crippen MR) is 42.5 cm³/mol. The van der Waals surface area contributed by atoms with Crippen molar-refractivity contribution in [3.8, 4) is 0 Å². The van der Waals surface area contributed by atoms with Gasteiger partial charge in [-0.15, -0.1) is 0 Å². The molecule has 0 aromatic carbocycles. The smallest absolute Gasteiger partial charge is 0.0134 e. The molecular weight excluding hydrogens is 110 g/mol. The third-order valence-electron chi connectivity index (χ3n) is 0.941. The Morgan fingerprint density at radius 2 is 1.89 bits per heavy atom. The highest BCUT2D eigenvalue weighted by atomic mass is 14.8. The first kappa shape index (κ1) is 8.44. The molecule has 0 heterocycles. The molecule has 1 N–H and O–H groups in total. The minimum Gasteiger partial charge on any atom is -0.316 e. The molecule has 0 saturated heterocycles. The first-order chi connectivity index (χ1) is 4.41. The van der Waals surface area contributed by atoms with Gasteiger partial charge < -0.3 is 5.32 Å². The predicted octanol–water partition coefficient (Wildman–Crippen LogP) is 1.73. The summed E-state index contributed by atoms with van der Waals surface area (Å²) in [4.78, 5) is 0. The summed E-state index contributed by atoms with van der Waals surface area (Å²) in [5.41, 5.74) is 0. The van der Waals surface area contributed by atoms with Crippen LogP contribution in [0.15, 0.2) is 24.3 Å². The zero-order valence-electron chi connectivity index (χ0n) is 6.22. The molecule has 0 rings (SSSR count). The third kappa shape index (κ3) is 7.44. The van der Waals surface area contributed by atoms with Gasteiger partial charge in [-0.25, -0.2) is 0 Å². The van der Waals surface area contributed by atoms with Crippen molar-refractivity contribution in [3.05, 3.63) is 24.3 Å². The summed E-state index contributed by atoms with van der Waals surface area (Å²) < 4.78 is 0. The van der Waals surface area contributed by atoms with Crippen LogP contribution in [0.4, 0.5) is 0 Å². The molecule has 0 aromatic rings. The fourth-order valence-corrected chi connectivity index (χ4v) is 0.479. The van der Waals surface area contributed by atoms with Crippen molar-refractivity contribution in [3.63, 3.8) is 0 Å². The summed E-state index contributed by atoms with van der Waals surface area (Å²) in [6.45, 7) is 3.08. The lowest BCUT2D eigenvalue weighted by molar-refractivity contribution is 0.919. The van der Waals surface area contributed by atoms with Gasteiger partial charge >= 0.3 is 0 Å². The molecule has 0 amide bonds. The van der Waals surface area contributed by atoms with E-state index >= 15 is 0 Å². The van der Waals surface area contributed by atoms with Crippen LogP contribution in [0.1, 0.15) is 13.3 Å². The lowest BCUT2D eigenvalue weighted by atomic mass is 10.4. The van der Waals surface area contributed by atoms with Gasteiger partial charge in [0.05, 0.1) is 0 Å². The molecule has 0 unspecified atom stereocenters. The van der Waals surface area contributed by atoms with Gasteiger partial charge in [0.2, 0.25) is 0 Å². The molecule has 0 aromatic heterocycles. The molecular formula is C8H15N. The molecule has 0 bridgehead atoms. The Bertz CT molecular complexity index is 92.7. The number of hydrogen-bond donors (Lipinski definition) is 1. The Labute approximate surface area is 57.5 Å². The van der Waals surface area contributed by atoms with Crippen LogP contribution < -0.4 is 5.32 Å². The fraction of sp³-hybridized carbons (Fsp3) is 0.500. The van der Waals surface area contributed by atoms with Gasteiger partial charge in [0.15, 0.2) is 0 Å². The summed E-state index contributed by atoms with van der Waals surface area (Å²) in [7, 11) is 1.94. The van der Waals surface area contributed by atoms with Crippen LogP contribution >= 0.6 is 0 Å². The molecule has 9 heavy (non-hydrogen) atoms. The van der Waals surface area contributed by atoms with Crippen LogP contribution in [0.3, 0.4) is 0 Å². The van der Waals surface area contributed by atoms with E-state index in [1.807, 2.05) is 7.05 Å². The first-order valence-corrected chi connectivity index (χ1v) is 3.38. The van der Waals surface area contributed by atoms with E-state index in [2.05, 4.69) is 36.5 Å². The largest absolute Gasteiger partial charge is 0.316 e. The van der Waals surface area contributed by atoms with Crippen LogP contribution in [-0.2, 0) is 0 Å². The Morgan fingerprint density at radius 1 is 1.22 bits per heavy atom. The van der Waals surface area contributed by atoms with Crippen molar-refractivity contribution in [2.75, 3.05) is 13.6 Å². The third-order valence-corrected chi connectivity index (χ3v) is 0.941. The average Bonchev–Trinajstić information content (AvgIpc) is 1.89. The molecule has 0 radical (unpaired) electrons. The maximum Gasteiger partial charge on any atom is 0.0134 e. The number of likely N-dealkylation sites (N-methyl/N-ethyl adjacent to an activating group) is 1. The zero-order valence-corrected chi connectivity index (χ0v) is 6.22. The summed E-state index contributed by atoms with van der Waals surface area (Å²) in [6, 6.07) is 0. The monoisotopic (exact) mass is 125 g/mol. The quantitative estimate of drug-likeness (QED) is 0.564. The van der Waals surface area contributed by atoms with E-state index in [0.717, 1.165) is 13.0 Å². The molecule has 1 heteroatoms. The normalized spacial score (nSPS) is 11.8. The van der Waals surface area contributed by atoms with E-state index in [9.17, 15) is 0 Å². The average molecular weight is 125 g/mol.